The van der Waals surface area contributed by atoms with E-state index < -0.39 is 11.8 Å². The Morgan fingerprint density at radius 1 is 1.04 bits per heavy atom. The standard InChI is InChI=1S/C17H15N3O4S/c21-14-10-25-17(24)20(14)9-8-18-15(22)16(23)19-13-7-3-5-11-4-1-2-6-12(11)13/h1-7H,8-10H2,(H,18,22)(H,19,23). The maximum Gasteiger partial charge on any atom is 0.313 e. The topological polar surface area (TPSA) is 95.6 Å². The predicted octanol–water partition coefficient (Wildman–Crippen LogP) is 1.59. The minimum absolute atomic E-state index is 0.0276. The average Bonchev–Trinajstić information content (AvgIpc) is 2.94. The number of hydrogen-bond acceptors (Lipinski definition) is 5. The molecule has 0 radical (unpaired) electrons. The number of thioether (sulfide) groups is 1. The van der Waals surface area contributed by atoms with Crippen LogP contribution in [0.4, 0.5) is 10.5 Å². The highest BCUT2D eigenvalue weighted by Crippen LogP contribution is 2.22. The van der Waals surface area contributed by atoms with Gasteiger partial charge < -0.3 is 10.6 Å². The molecule has 2 aromatic rings. The van der Waals surface area contributed by atoms with Crippen LogP contribution in [0, 0.1) is 0 Å². The molecule has 0 aromatic heterocycles. The number of amides is 4. The van der Waals surface area contributed by atoms with Gasteiger partial charge in [0.05, 0.1) is 5.75 Å². The molecule has 1 aliphatic rings. The van der Waals surface area contributed by atoms with Crippen molar-refractivity contribution in [3.63, 3.8) is 0 Å². The molecule has 0 atom stereocenters. The van der Waals surface area contributed by atoms with Crippen molar-refractivity contribution < 1.29 is 19.2 Å². The van der Waals surface area contributed by atoms with Crippen molar-refractivity contribution in [2.45, 2.75) is 0 Å². The number of imide groups is 1. The quantitative estimate of drug-likeness (QED) is 0.810. The zero-order valence-electron chi connectivity index (χ0n) is 13.2. The van der Waals surface area contributed by atoms with Crippen molar-refractivity contribution in [2.24, 2.45) is 0 Å². The van der Waals surface area contributed by atoms with Gasteiger partial charge in [0.25, 0.3) is 5.24 Å². The summed E-state index contributed by atoms with van der Waals surface area (Å²) in [6.07, 6.45) is 0. The lowest BCUT2D eigenvalue weighted by molar-refractivity contribution is -0.136. The first-order valence-electron chi connectivity index (χ1n) is 7.60. The molecule has 3 rings (SSSR count). The highest BCUT2D eigenvalue weighted by Gasteiger charge is 2.29. The van der Waals surface area contributed by atoms with Crippen molar-refractivity contribution in [2.75, 3.05) is 24.2 Å². The first kappa shape index (κ1) is 17.0. The predicted molar refractivity (Wildman–Crippen MR) is 95.2 cm³/mol. The van der Waals surface area contributed by atoms with Gasteiger partial charge in [-0.1, -0.05) is 48.2 Å². The van der Waals surface area contributed by atoms with Crippen LogP contribution in [-0.2, 0) is 14.4 Å². The maximum atomic E-state index is 12.0. The second-order valence-electron chi connectivity index (χ2n) is 5.34. The minimum atomic E-state index is -0.820. The minimum Gasteiger partial charge on any atom is -0.346 e. The number of hydrogen-bond donors (Lipinski definition) is 2. The Bertz CT molecular complexity index is 847. The van der Waals surface area contributed by atoms with Gasteiger partial charge in [0.2, 0.25) is 5.91 Å². The summed E-state index contributed by atoms with van der Waals surface area (Å²) < 4.78 is 0. The zero-order valence-corrected chi connectivity index (χ0v) is 14.0. The lowest BCUT2D eigenvalue weighted by Gasteiger charge is -2.13. The van der Waals surface area contributed by atoms with Crippen LogP contribution >= 0.6 is 11.8 Å². The molecule has 0 aliphatic carbocycles. The molecule has 128 valence electrons. The summed E-state index contributed by atoms with van der Waals surface area (Å²) in [6.45, 7) is 0.0811. The molecule has 0 saturated carbocycles. The molecule has 1 fully saturated rings. The van der Waals surface area contributed by atoms with Gasteiger partial charge >= 0.3 is 11.8 Å². The van der Waals surface area contributed by atoms with Crippen LogP contribution in [-0.4, -0.2) is 46.7 Å². The molecule has 1 saturated heterocycles. The number of rotatable bonds is 4. The molecule has 2 N–H and O–H groups in total. The third kappa shape index (κ3) is 3.80. The Morgan fingerprint density at radius 2 is 1.80 bits per heavy atom. The Kier molecular flexibility index (Phi) is 4.99. The number of carbonyl (C=O) groups excluding carboxylic acids is 4. The molecule has 0 unspecified atom stereocenters. The normalized spacial score (nSPS) is 14.0. The van der Waals surface area contributed by atoms with E-state index in [1.165, 1.54) is 0 Å². The Balaban J connectivity index is 1.56. The van der Waals surface area contributed by atoms with E-state index in [0.29, 0.717) is 5.69 Å². The Morgan fingerprint density at radius 3 is 2.56 bits per heavy atom. The first-order chi connectivity index (χ1) is 12.1. The van der Waals surface area contributed by atoms with Gasteiger partial charge in [0, 0.05) is 24.2 Å². The number of nitrogens with one attached hydrogen (secondary N) is 2. The van der Waals surface area contributed by atoms with Gasteiger partial charge in [0.15, 0.2) is 0 Å². The largest absolute Gasteiger partial charge is 0.346 e. The van der Waals surface area contributed by atoms with E-state index >= 15 is 0 Å². The van der Waals surface area contributed by atoms with E-state index in [0.717, 1.165) is 27.4 Å². The Hall–Kier alpha value is -2.87. The summed E-state index contributed by atoms with van der Waals surface area (Å²) in [5.41, 5.74) is 0.541. The van der Waals surface area contributed by atoms with Gasteiger partial charge in [-0.25, -0.2) is 0 Å². The zero-order chi connectivity index (χ0) is 17.8. The molecular formula is C17H15N3O4S. The third-order valence-electron chi connectivity index (χ3n) is 3.71. The highest BCUT2D eigenvalue weighted by molar-refractivity contribution is 8.14. The highest BCUT2D eigenvalue weighted by atomic mass is 32.2. The molecule has 8 heteroatoms. The van der Waals surface area contributed by atoms with Crippen LogP contribution in [0.3, 0.4) is 0 Å². The summed E-state index contributed by atoms with van der Waals surface area (Å²) in [7, 11) is 0. The van der Waals surface area contributed by atoms with Crippen LogP contribution < -0.4 is 10.6 Å². The number of carbonyl (C=O) groups is 4. The number of nitrogens with zero attached hydrogens (tertiary/aromatic N) is 1. The van der Waals surface area contributed by atoms with E-state index in [1.54, 1.807) is 12.1 Å². The SMILES string of the molecule is O=C(NCCN1C(=O)CSC1=O)C(=O)Nc1cccc2ccccc12. The maximum absolute atomic E-state index is 12.0. The van der Waals surface area contributed by atoms with E-state index in [-0.39, 0.29) is 30.0 Å². The van der Waals surface area contributed by atoms with Crippen molar-refractivity contribution >= 4 is 51.2 Å². The number of benzene rings is 2. The fourth-order valence-electron chi connectivity index (χ4n) is 2.47. The first-order valence-corrected chi connectivity index (χ1v) is 8.59. The van der Waals surface area contributed by atoms with E-state index in [9.17, 15) is 19.2 Å². The van der Waals surface area contributed by atoms with E-state index in [4.69, 9.17) is 0 Å². The fraction of sp³-hybridized carbons (Fsp3) is 0.176. The smallest absolute Gasteiger partial charge is 0.313 e. The fourth-order valence-corrected chi connectivity index (χ4v) is 3.22. The molecule has 0 spiro atoms. The van der Waals surface area contributed by atoms with Gasteiger partial charge in [-0.2, -0.15) is 0 Å². The molecule has 2 aromatic carbocycles. The molecule has 1 aliphatic heterocycles. The molecule has 7 nitrogen and oxygen atoms in total. The lowest BCUT2D eigenvalue weighted by atomic mass is 10.1. The number of fused-ring (bicyclic) bond motifs is 1. The van der Waals surface area contributed by atoms with Crippen molar-refractivity contribution in [3.05, 3.63) is 42.5 Å². The van der Waals surface area contributed by atoms with Crippen molar-refractivity contribution in [1.82, 2.24) is 10.2 Å². The van der Waals surface area contributed by atoms with E-state index in [2.05, 4.69) is 10.6 Å². The van der Waals surface area contributed by atoms with Gasteiger partial charge in [0.1, 0.15) is 0 Å². The second kappa shape index (κ2) is 7.35. The van der Waals surface area contributed by atoms with Crippen LogP contribution in [0.1, 0.15) is 0 Å². The van der Waals surface area contributed by atoms with Crippen molar-refractivity contribution in [3.8, 4) is 0 Å². The van der Waals surface area contributed by atoms with Crippen LogP contribution in [0.25, 0.3) is 10.8 Å². The van der Waals surface area contributed by atoms with Gasteiger partial charge in [-0.15, -0.1) is 0 Å². The summed E-state index contributed by atoms with van der Waals surface area (Å²) in [5, 5.41) is 6.44. The molecule has 1 heterocycles. The molecule has 0 bridgehead atoms. The summed E-state index contributed by atoms with van der Waals surface area (Å²) >= 11 is 0.927. The second-order valence-corrected chi connectivity index (χ2v) is 6.26. The summed E-state index contributed by atoms with van der Waals surface area (Å²) in [4.78, 5) is 47.9. The lowest BCUT2D eigenvalue weighted by Crippen LogP contribution is -2.41. The Labute approximate surface area is 147 Å². The summed E-state index contributed by atoms with van der Waals surface area (Å²) in [5.74, 6) is -1.79. The van der Waals surface area contributed by atoms with Gasteiger partial charge in [-0.05, 0) is 11.5 Å². The summed E-state index contributed by atoms with van der Waals surface area (Å²) in [6, 6.07) is 12.9. The van der Waals surface area contributed by atoms with Crippen molar-refractivity contribution in [1.29, 1.82) is 0 Å². The molecule has 25 heavy (non-hydrogen) atoms. The monoisotopic (exact) mass is 357 g/mol. The van der Waals surface area contributed by atoms with Crippen LogP contribution in [0.5, 0.6) is 0 Å². The molecule has 4 amide bonds. The van der Waals surface area contributed by atoms with Gasteiger partial charge in [-0.3, -0.25) is 24.1 Å². The number of anilines is 1. The van der Waals surface area contributed by atoms with Crippen LogP contribution in [0.2, 0.25) is 0 Å². The van der Waals surface area contributed by atoms with Crippen LogP contribution in [0.15, 0.2) is 42.5 Å². The average molecular weight is 357 g/mol. The van der Waals surface area contributed by atoms with E-state index in [1.807, 2.05) is 30.3 Å². The molecular weight excluding hydrogens is 342 g/mol. The third-order valence-corrected chi connectivity index (χ3v) is 4.56.